The molecule has 0 aliphatic carbocycles. The average Bonchev–Trinajstić information content (AvgIpc) is 1.87. The Morgan fingerprint density at radius 2 is 2.44 bits per heavy atom. The van der Waals surface area contributed by atoms with Crippen LogP contribution in [0.4, 0.5) is 4.53 Å². The van der Waals surface area contributed by atoms with Crippen molar-refractivity contribution >= 4 is 21.9 Å². The summed E-state index contributed by atoms with van der Waals surface area (Å²) >= 11 is 3.12. The number of rotatable bonds is 3. The zero-order chi connectivity index (χ0) is 7.28. The van der Waals surface area contributed by atoms with Crippen molar-refractivity contribution in [1.29, 1.82) is 0 Å². The van der Waals surface area contributed by atoms with E-state index in [1.165, 1.54) is 0 Å². The van der Waals surface area contributed by atoms with Crippen LogP contribution in [0.1, 0.15) is 13.3 Å². The summed E-state index contributed by atoms with van der Waals surface area (Å²) in [4.78, 5) is 13.3. The fraction of sp³-hybridized carbons (Fsp3) is 0.800. The molecule has 0 aromatic heterocycles. The first kappa shape index (κ1) is 8.88. The molecular formula is C5H8BrFO2. The second-order valence-electron chi connectivity index (χ2n) is 1.77. The Balaban J connectivity index is 3.45. The van der Waals surface area contributed by atoms with Crippen molar-refractivity contribution in [3.8, 4) is 0 Å². The number of carbonyl (C=O) groups excluding carboxylic acids is 1. The van der Waals surface area contributed by atoms with E-state index >= 15 is 0 Å². The van der Waals surface area contributed by atoms with Gasteiger partial charge in [-0.05, 0) is 6.42 Å². The van der Waals surface area contributed by atoms with Gasteiger partial charge in [0.05, 0.1) is 5.92 Å². The Kier molecular flexibility index (Phi) is 4.67. The molecule has 0 bridgehead atoms. The maximum absolute atomic E-state index is 11.1. The molecule has 1 atom stereocenters. The third-order valence-electron chi connectivity index (χ3n) is 1.02. The lowest BCUT2D eigenvalue weighted by molar-refractivity contribution is -0.188. The van der Waals surface area contributed by atoms with Gasteiger partial charge >= 0.3 is 5.97 Å². The molecule has 9 heavy (non-hydrogen) atoms. The summed E-state index contributed by atoms with van der Waals surface area (Å²) in [7, 11) is 0. The molecule has 0 saturated heterocycles. The zero-order valence-electron chi connectivity index (χ0n) is 5.06. The maximum Gasteiger partial charge on any atom is 0.351 e. The van der Waals surface area contributed by atoms with Crippen molar-refractivity contribution in [3.05, 3.63) is 0 Å². The normalized spacial score (nSPS) is 12.8. The highest BCUT2D eigenvalue weighted by atomic mass is 79.9. The predicted octanol–water partition coefficient (Wildman–Crippen LogP) is 1.84. The van der Waals surface area contributed by atoms with Crippen molar-refractivity contribution < 1.29 is 14.3 Å². The van der Waals surface area contributed by atoms with Gasteiger partial charge in [0.2, 0.25) is 0 Å². The number of halogens is 2. The minimum absolute atomic E-state index is 0.352. The molecule has 54 valence electrons. The third kappa shape index (κ3) is 3.46. The second kappa shape index (κ2) is 4.73. The Labute approximate surface area is 61.4 Å². The Morgan fingerprint density at radius 3 is 2.78 bits per heavy atom. The van der Waals surface area contributed by atoms with Crippen LogP contribution in [0.2, 0.25) is 0 Å². The van der Waals surface area contributed by atoms with Gasteiger partial charge < -0.3 is 0 Å². The van der Waals surface area contributed by atoms with E-state index in [1.54, 1.807) is 6.92 Å². The van der Waals surface area contributed by atoms with Crippen LogP contribution in [0, 0.1) is 5.92 Å². The van der Waals surface area contributed by atoms with Crippen LogP contribution in [0.3, 0.4) is 0 Å². The third-order valence-corrected chi connectivity index (χ3v) is 1.48. The van der Waals surface area contributed by atoms with Crippen molar-refractivity contribution in [1.82, 2.24) is 0 Å². The number of hydrogen-bond donors (Lipinski definition) is 0. The Bertz CT molecular complexity index is 97.0. The van der Waals surface area contributed by atoms with Crippen LogP contribution in [0.15, 0.2) is 0 Å². The van der Waals surface area contributed by atoms with Gasteiger partial charge in [0, 0.05) is 9.86 Å². The molecule has 0 aromatic rings. The van der Waals surface area contributed by atoms with E-state index in [4.69, 9.17) is 0 Å². The van der Waals surface area contributed by atoms with Crippen LogP contribution in [0.25, 0.3) is 0 Å². The Hall–Kier alpha value is -0.120. The maximum atomic E-state index is 11.1. The molecule has 0 fully saturated rings. The summed E-state index contributed by atoms with van der Waals surface area (Å²) in [5.41, 5.74) is 0. The minimum atomic E-state index is -0.797. The molecule has 0 N–H and O–H groups in total. The SMILES string of the molecule is CC(CCBr)C(=O)OF. The first-order chi connectivity index (χ1) is 4.22. The lowest BCUT2D eigenvalue weighted by Crippen LogP contribution is -2.10. The summed E-state index contributed by atoms with van der Waals surface area (Å²) in [5.74, 6) is -1.15. The number of hydrogen-bond acceptors (Lipinski definition) is 2. The summed E-state index contributed by atoms with van der Waals surface area (Å²) in [6.45, 7) is 1.61. The molecule has 0 amide bonds. The van der Waals surface area contributed by atoms with Crippen LogP contribution in [-0.2, 0) is 9.74 Å². The van der Waals surface area contributed by atoms with Gasteiger partial charge in [-0.15, -0.1) is 0 Å². The molecule has 1 unspecified atom stereocenters. The molecule has 0 rings (SSSR count). The van der Waals surface area contributed by atoms with Crippen molar-refractivity contribution in [2.75, 3.05) is 5.33 Å². The summed E-state index contributed by atoms with van der Waals surface area (Å²) < 4.78 is 11.1. The van der Waals surface area contributed by atoms with Gasteiger partial charge in [-0.25, -0.2) is 4.79 Å². The Morgan fingerprint density at radius 1 is 1.89 bits per heavy atom. The van der Waals surface area contributed by atoms with Crippen molar-refractivity contribution in [2.45, 2.75) is 13.3 Å². The van der Waals surface area contributed by atoms with Gasteiger partial charge in [-0.3, -0.25) is 4.94 Å². The molecule has 0 aliphatic rings. The van der Waals surface area contributed by atoms with Gasteiger partial charge in [0.1, 0.15) is 0 Å². The fourth-order valence-corrected chi connectivity index (χ4v) is 1.04. The molecule has 0 heterocycles. The van der Waals surface area contributed by atoms with Crippen LogP contribution in [0.5, 0.6) is 0 Å². The summed E-state index contributed by atoms with van der Waals surface area (Å²) in [6, 6.07) is 0. The molecule has 0 radical (unpaired) electrons. The lowest BCUT2D eigenvalue weighted by atomic mass is 10.1. The largest absolute Gasteiger partial charge is 0.351 e. The summed E-state index contributed by atoms with van der Waals surface area (Å²) in [6.07, 6.45) is 0.600. The first-order valence-corrected chi connectivity index (χ1v) is 3.73. The van der Waals surface area contributed by atoms with Gasteiger partial charge in [-0.1, -0.05) is 22.9 Å². The average molecular weight is 199 g/mol. The standard InChI is InChI=1S/C5H8BrFO2/c1-4(2-3-6)5(8)9-7/h4H,2-3H2,1H3. The smallest absolute Gasteiger partial charge is 0.255 e. The molecular weight excluding hydrogens is 191 g/mol. The molecule has 0 aliphatic heterocycles. The number of alkyl halides is 1. The second-order valence-corrected chi connectivity index (χ2v) is 2.57. The molecule has 4 heteroatoms. The van der Waals surface area contributed by atoms with Gasteiger partial charge in [-0.2, -0.15) is 0 Å². The number of carbonyl (C=O) groups is 1. The van der Waals surface area contributed by atoms with E-state index in [9.17, 15) is 9.32 Å². The van der Waals surface area contributed by atoms with Gasteiger partial charge in [0.15, 0.2) is 0 Å². The van der Waals surface area contributed by atoms with E-state index < -0.39 is 5.97 Å². The summed E-state index contributed by atoms with van der Waals surface area (Å²) in [5, 5.41) is 0.684. The lowest BCUT2D eigenvalue weighted by Gasteiger charge is -2.00. The van der Waals surface area contributed by atoms with E-state index in [0.29, 0.717) is 11.8 Å². The van der Waals surface area contributed by atoms with Crippen LogP contribution < -0.4 is 0 Å². The first-order valence-electron chi connectivity index (χ1n) is 2.60. The molecule has 0 spiro atoms. The quantitative estimate of drug-likeness (QED) is 0.648. The fourth-order valence-electron chi connectivity index (χ4n) is 0.358. The van der Waals surface area contributed by atoms with Crippen molar-refractivity contribution in [3.63, 3.8) is 0 Å². The minimum Gasteiger partial charge on any atom is -0.255 e. The topological polar surface area (TPSA) is 26.3 Å². The van der Waals surface area contributed by atoms with Crippen molar-refractivity contribution in [2.24, 2.45) is 5.92 Å². The zero-order valence-corrected chi connectivity index (χ0v) is 6.65. The molecule has 0 saturated carbocycles. The van der Waals surface area contributed by atoms with Gasteiger partial charge in [0.25, 0.3) is 0 Å². The molecule has 0 aromatic carbocycles. The van der Waals surface area contributed by atoms with E-state index in [2.05, 4.69) is 20.9 Å². The monoisotopic (exact) mass is 198 g/mol. The predicted molar refractivity (Wildman–Crippen MR) is 34.8 cm³/mol. The molecule has 2 nitrogen and oxygen atoms in total. The highest BCUT2D eigenvalue weighted by Gasteiger charge is 2.13. The van der Waals surface area contributed by atoms with E-state index in [0.717, 1.165) is 0 Å². The van der Waals surface area contributed by atoms with Crippen LogP contribution >= 0.6 is 15.9 Å². The van der Waals surface area contributed by atoms with E-state index in [-0.39, 0.29) is 5.92 Å². The highest BCUT2D eigenvalue weighted by molar-refractivity contribution is 9.09. The van der Waals surface area contributed by atoms with E-state index in [1.807, 2.05) is 0 Å². The van der Waals surface area contributed by atoms with Crippen LogP contribution in [-0.4, -0.2) is 11.3 Å². The highest BCUT2D eigenvalue weighted by Crippen LogP contribution is 2.06.